The average molecular weight is 370 g/mol. The van der Waals surface area contributed by atoms with E-state index in [1.54, 1.807) is 13.8 Å². The van der Waals surface area contributed by atoms with Gasteiger partial charge < -0.3 is 20.1 Å². The number of methoxy groups -OCH3 is 1. The lowest BCUT2D eigenvalue weighted by Crippen LogP contribution is -2.56. The third-order valence-corrected chi connectivity index (χ3v) is 4.59. The Labute approximate surface area is 157 Å². The van der Waals surface area contributed by atoms with Crippen LogP contribution < -0.4 is 10.5 Å². The fraction of sp³-hybridized carbons (Fsp3) is 0.368. The van der Waals surface area contributed by atoms with Crippen molar-refractivity contribution in [3.8, 4) is 6.01 Å². The van der Waals surface area contributed by atoms with Crippen molar-refractivity contribution >= 4 is 17.7 Å². The predicted octanol–water partition coefficient (Wildman–Crippen LogP) is 1.59. The molecule has 2 N–H and O–H groups in total. The minimum absolute atomic E-state index is 0.0417. The third-order valence-electron chi connectivity index (χ3n) is 4.59. The molecule has 1 aromatic carbocycles. The molecule has 0 spiro atoms. The summed E-state index contributed by atoms with van der Waals surface area (Å²) < 4.78 is 10.4. The van der Waals surface area contributed by atoms with Crippen LogP contribution in [0.25, 0.3) is 0 Å². The molecular formula is C19H22N4O4. The summed E-state index contributed by atoms with van der Waals surface area (Å²) in [5.41, 5.74) is 6.39. The number of ether oxygens (including phenoxy) is 2. The van der Waals surface area contributed by atoms with Crippen LogP contribution in [0.15, 0.2) is 30.3 Å². The number of benzene rings is 1. The number of hydrogen-bond donors (Lipinski definition) is 1. The normalized spacial score (nSPS) is 13.9. The largest absolute Gasteiger partial charge is 0.467 e. The van der Waals surface area contributed by atoms with Crippen LogP contribution >= 0.6 is 0 Å². The molecule has 1 aliphatic heterocycles. The Morgan fingerprint density at radius 1 is 1.26 bits per heavy atom. The number of carbonyl (C=O) groups is 2. The Morgan fingerprint density at radius 2 is 1.96 bits per heavy atom. The van der Waals surface area contributed by atoms with Crippen LogP contribution in [0.4, 0.5) is 5.82 Å². The van der Waals surface area contributed by atoms with Crippen molar-refractivity contribution in [3.63, 3.8) is 0 Å². The monoisotopic (exact) mass is 370 g/mol. The molecular weight excluding hydrogens is 348 g/mol. The quantitative estimate of drug-likeness (QED) is 0.796. The first-order valence-electron chi connectivity index (χ1n) is 8.58. The molecule has 0 fully saturated rings. The summed E-state index contributed by atoms with van der Waals surface area (Å²) in [5.74, 6) is -0.839. The number of hydrogen-bond acceptors (Lipinski definition) is 7. The van der Waals surface area contributed by atoms with E-state index in [1.165, 1.54) is 12.0 Å². The van der Waals surface area contributed by atoms with Crippen molar-refractivity contribution in [1.82, 2.24) is 14.9 Å². The Morgan fingerprint density at radius 3 is 2.63 bits per heavy atom. The smallest absolute Gasteiger partial charge is 0.331 e. The zero-order chi connectivity index (χ0) is 19.6. The van der Waals surface area contributed by atoms with Crippen molar-refractivity contribution in [2.75, 3.05) is 19.4 Å². The molecule has 0 radical (unpaired) electrons. The number of carbonyl (C=O) groups excluding carboxylic acids is 2. The number of amides is 1. The highest BCUT2D eigenvalue weighted by Gasteiger charge is 2.43. The predicted molar refractivity (Wildman–Crippen MR) is 98.1 cm³/mol. The molecule has 8 nitrogen and oxygen atoms in total. The van der Waals surface area contributed by atoms with Gasteiger partial charge in [0.1, 0.15) is 23.5 Å². The molecule has 1 aromatic heterocycles. The molecule has 0 saturated heterocycles. The summed E-state index contributed by atoms with van der Waals surface area (Å²) in [6, 6.07) is 9.49. The van der Waals surface area contributed by atoms with E-state index >= 15 is 0 Å². The first-order valence-corrected chi connectivity index (χ1v) is 8.58. The van der Waals surface area contributed by atoms with E-state index in [4.69, 9.17) is 15.2 Å². The number of nitrogen functional groups attached to an aromatic ring is 1. The van der Waals surface area contributed by atoms with Gasteiger partial charge in [0.25, 0.3) is 5.91 Å². The lowest BCUT2D eigenvalue weighted by molar-refractivity contribution is -0.156. The lowest BCUT2D eigenvalue weighted by atomic mass is 9.96. The van der Waals surface area contributed by atoms with E-state index in [2.05, 4.69) is 9.97 Å². The van der Waals surface area contributed by atoms with Crippen LogP contribution in [0.5, 0.6) is 6.01 Å². The molecule has 0 unspecified atom stereocenters. The molecule has 2 heterocycles. The van der Waals surface area contributed by atoms with E-state index in [0.717, 1.165) is 5.56 Å². The van der Waals surface area contributed by atoms with Gasteiger partial charge in [-0.25, -0.2) is 4.79 Å². The standard InChI is InChI=1S/C19H22N4O4/c1-19(2,17(25)27-11-12-7-5-4-6-8-12)23-10-9-13-14(16(23)24)15(20)22-18(21-13)26-3/h4-8H,9-11H2,1-3H3,(H2,20,21,22). The van der Waals surface area contributed by atoms with Crippen molar-refractivity contribution < 1.29 is 19.1 Å². The zero-order valence-electron chi connectivity index (χ0n) is 15.6. The van der Waals surface area contributed by atoms with Gasteiger partial charge in [-0.2, -0.15) is 9.97 Å². The highest BCUT2D eigenvalue weighted by molar-refractivity contribution is 6.03. The highest BCUT2D eigenvalue weighted by Crippen LogP contribution is 2.29. The fourth-order valence-corrected chi connectivity index (χ4v) is 3.01. The molecule has 0 aliphatic carbocycles. The molecule has 1 aliphatic rings. The second kappa shape index (κ2) is 7.22. The van der Waals surface area contributed by atoms with Crippen molar-refractivity contribution in [2.45, 2.75) is 32.4 Å². The molecule has 2 aromatic rings. The van der Waals surface area contributed by atoms with Gasteiger partial charge in [-0.15, -0.1) is 0 Å². The van der Waals surface area contributed by atoms with Gasteiger partial charge >= 0.3 is 12.0 Å². The van der Waals surface area contributed by atoms with Crippen molar-refractivity contribution in [3.05, 3.63) is 47.2 Å². The van der Waals surface area contributed by atoms with Crippen LogP contribution in [0, 0.1) is 0 Å². The van der Waals surface area contributed by atoms with Crippen LogP contribution in [0.1, 0.15) is 35.5 Å². The second-order valence-corrected chi connectivity index (χ2v) is 6.74. The van der Waals surface area contributed by atoms with Gasteiger partial charge in [-0.3, -0.25) is 4.79 Å². The maximum atomic E-state index is 13.0. The number of fused-ring (bicyclic) bond motifs is 1. The van der Waals surface area contributed by atoms with Crippen LogP contribution in [-0.2, 0) is 22.6 Å². The fourth-order valence-electron chi connectivity index (χ4n) is 3.01. The number of rotatable bonds is 5. The minimum atomic E-state index is -1.16. The molecule has 27 heavy (non-hydrogen) atoms. The molecule has 1 amide bonds. The Kier molecular flexibility index (Phi) is 4.98. The van der Waals surface area contributed by atoms with Gasteiger partial charge in [-0.1, -0.05) is 30.3 Å². The molecule has 0 atom stereocenters. The van der Waals surface area contributed by atoms with E-state index < -0.39 is 17.4 Å². The highest BCUT2D eigenvalue weighted by atomic mass is 16.5. The zero-order valence-corrected chi connectivity index (χ0v) is 15.6. The summed E-state index contributed by atoms with van der Waals surface area (Å²) in [4.78, 5) is 35.3. The Hall–Kier alpha value is -3.16. The molecule has 0 saturated carbocycles. The SMILES string of the molecule is COc1nc(N)c2c(n1)CCN(C(C)(C)C(=O)OCc1ccccc1)C2=O. The Bertz CT molecular complexity index is 868. The summed E-state index contributed by atoms with van der Waals surface area (Å²) in [7, 11) is 1.43. The number of nitrogens with two attached hydrogens (primary N) is 1. The average Bonchev–Trinajstić information content (AvgIpc) is 2.66. The Balaban J connectivity index is 1.79. The summed E-state index contributed by atoms with van der Waals surface area (Å²) in [5, 5.41) is 0. The van der Waals surface area contributed by atoms with E-state index in [0.29, 0.717) is 18.7 Å². The lowest BCUT2D eigenvalue weighted by Gasteiger charge is -2.39. The van der Waals surface area contributed by atoms with Gasteiger partial charge in [0.2, 0.25) is 0 Å². The second-order valence-electron chi connectivity index (χ2n) is 6.74. The maximum absolute atomic E-state index is 13.0. The molecule has 0 bridgehead atoms. The van der Waals surface area contributed by atoms with Crippen molar-refractivity contribution in [2.24, 2.45) is 0 Å². The number of anilines is 1. The van der Waals surface area contributed by atoms with Crippen LogP contribution in [0.3, 0.4) is 0 Å². The summed E-state index contributed by atoms with van der Waals surface area (Å²) >= 11 is 0. The topological polar surface area (TPSA) is 108 Å². The van der Waals surface area contributed by atoms with Crippen LogP contribution in [0.2, 0.25) is 0 Å². The number of aromatic nitrogens is 2. The maximum Gasteiger partial charge on any atom is 0.331 e. The van der Waals surface area contributed by atoms with Gasteiger partial charge in [0.05, 0.1) is 12.8 Å². The minimum Gasteiger partial charge on any atom is -0.467 e. The van der Waals surface area contributed by atoms with Crippen LogP contribution in [-0.4, -0.2) is 45.9 Å². The van der Waals surface area contributed by atoms with Gasteiger partial charge in [-0.05, 0) is 19.4 Å². The van der Waals surface area contributed by atoms with Crippen molar-refractivity contribution in [1.29, 1.82) is 0 Å². The third kappa shape index (κ3) is 3.55. The van der Waals surface area contributed by atoms with E-state index in [9.17, 15) is 9.59 Å². The van der Waals surface area contributed by atoms with E-state index in [-0.39, 0.29) is 24.0 Å². The van der Waals surface area contributed by atoms with Gasteiger partial charge in [0, 0.05) is 13.0 Å². The molecule has 3 rings (SSSR count). The number of esters is 1. The molecule has 8 heteroatoms. The first kappa shape index (κ1) is 18.6. The molecule has 142 valence electrons. The van der Waals surface area contributed by atoms with E-state index in [1.807, 2.05) is 30.3 Å². The van der Waals surface area contributed by atoms with Gasteiger partial charge in [0.15, 0.2) is 0 Å². The number of nitrogens with zero attached hydrogens (tertiary/aromatic N) is 3. The first-order chi connectivity index (χ1) is 12.8. The summed E-state index contributed by atoms with van der Waals surface area (Å²) in [6.07, 6.45) is 0.444. The summed E-state index contributed by atoms with van der Waals surface area (Å²) in [6.45, 7) is 3.77.